The van der Waals surface area contributed by atoms with Gasteiger partial charge in [0.15, 0.2) is 0 Å². The monoisotopic (exact) mass is 255 g/mol. The summed E-state index contributed by atoms with van der Waals surface area (Å²) in [5, 5.41) is 5.25. The van der Waals surface area contributed by atoms with Crippen LogP contribution in [0, 0.1) is 5.41 Å². The predicted octanol–water partition coefficient (Wildman–Crippen LogP) is 0.536. The van der Waals surface area contributed by atoms with Gasteiger partial charge in [-0.05, 0) is 31.7 Å². The highest BCUT2D eigenvalue weighted by Crippen LogP contribution is 2.38. The number of amides is 2. The van der Waals surface area contributed by atoms with Gasteiger partial charge in [-0.1, -0.05) is 19.3 Å². The molecule has 5 nitrogen and oxygen atoms in total. The zero-order valence-electron chi connectivity index (χ0n) is 11.4. The van der Waals surface area contributed by atoms with Crippen molar-refractivity contribution in [1.29, 1.82) is 0 Å². The zero-order chi connectivity index (χ0) is 13.6. The van der Waals surface area contributed by atoms with Gasteiger partial charge in [0.25, 0.3) is 0 Å². The average molecular weight is 255 g/mol. The number of carbonyl (C=O) groups is 2. The first-order valence-electron chi connectivity index (χ1n) is 6.74. The molecule has 1 atom stereocenters. The highest BCUT2D eigenvalue weighted by molar-refractivity contribution is 5.87. The molecule has 0 radical (unpaired) electrons. The second-order valence-electron chi connectivity index (χ2n) is 5.35. The molecule has 0 aliphatic heterocycles. The molecule has 0 saturated heterocycles. The van der Waals surface area contributed by atoms with Gasteiger partial charge in [0.1, 0.15) is 6.04 Å². The van der Waals surface area contributed by atoms with E-state index in [1.165, 1.54) is 6.42 Å². The van der Waals surface area contributed by atoms with Crippen molar-refractivity contribution < 1.29 is 9.59 Å². The molecule has 18 heavy (non-hydrogen) atoms. The molecule has 1 aliphatic carbocycles. The lowest BCUT2D eigenvalue weighted by Crippen LogP contribution is -2.46. The Kier molecular flexibility index (Phi) is 5.59. The van der Waals surface area contributed by atoms with Crippen LogP contribution < -0.4 is 16.4 Å². The fourth-order valence-corrected chi connectivity index (χ4v) is 2.67. The molecule has 5 heteroatoms. The predicted molar refractivity (Wildman–Crippen MR) is 70.9 cm³/mol. The zero-order valence-corrected chi connectivity index (χ0v) is 11.4. The van der Waals surface area contributed by atoms with Crippen LogP contribution in [0.4, 0.5) is 0 Å². The molecular weight excluding hydrogens is 230 g/mol. The Balaban J connectivity index is 2.49. The van der Waals surface area contributed by atoms with Crippen molar-refractivity contribution in [2.75, 3.05) is 13.6 Å². The molecule has 0 aromatic heterocycles. The first kappa shape index (κ1) is 15.0. The van der Waals surface area contributed by atoms with Crippen LogP contribution >= 0.6 is 0 Å². The molecule has 1 saturated carbocycles. The van der Waals surface area contributed by atoms with Crippen LogP contribution in [0.2, 0.25) is 0 Å². The number of hydrogen-bond acceptors (Lipinski definition) is 3. The van der Waals surface area contributed by atoms with Crippen LogP contribution in [-0.4, -0.2) is 31.4 Å². The summed E-state index contributed by atoms with van der Waals surface area (Å²) in [7, 11) is 1.56. The van der Waals surface area contributed by atoms with E-state index in [-0.39, 0.29) is 17.2 Å². The fraction of sp³-hybridized carbons (Fsp3) is 0.846. The topological polar surface area (TPSA) is 84.2 Å². The highest BCUT2D eigenvalue weighted by Gasteiger charge is 2.33. The van der Waals surface area contributed by atoms with Gasteiger partial charge < -0.3 is 16.4 Å². The van der Waals surface area contributed by atoms with Crippen LogP contribution in [0.15, 0.2) is 0 Å². The molecule has 0 aromatic carbocycles. The van der Waals surface area contributed by atoms with E-state index in [1.54, 1.807) is 14.0 Å². The quantitative estimate of drug-likeness (QED) is 0.670. The number of nitrogens with two attached hydrogens (primary N) is 1. The molecule has 104 valence electrons. The highest BCUT2D eigenvalue weighted by atomic mass is 16.2. The van der Waals surface area contributed by atoms with E-state index in [0.717, 1.165) is 25.7 Å². The Morgan fingerprint density at radius 3 is 2.39 bits per heavy atom. The maximum atomic E-state index is 12.0. The Morgan fingerprint density at radius 2 is 1.89 bits per heavy atom. The number of carbonyl (C=O) groups excluding carboxylic acids is 2. The molecule has 1 unspecified atom stereocenters. The second kappa shape index (κ2) is 6.73. The summed E-state index contributed by atoms with van der Waals surface area (Å²) in [6.45, 7) is 2.24. The van der Waals surface area contributed by atoms with E-state index in [2.05, 4.69) is 10.6 Å². The molecule has 1 aliphatic rings. The average Bonchev–Trinajstić information content (AvgIpc) is 2.38. The van der Waals surface area contributed by atoms with Crippen molar-refractivity contribution >= 4 is 11.8 Å². The van der Waals surface area contributed by atoms with Crippen molar-refractivity contribution in [2.45, 2.75) is 51.5 Å². The van der Waals surface area contributed by atoms with Crippen molar-refractivity contribution in [1.82, 2.24) is 10.6 Å². The Hall–Kier alpha value is -1.10. The van der Waals surface area contributed by atoms with Gasteiger partial charge in [0.05, 0.1) is 0 Å². The van der Waals surface area contributed by atoms with Gasteiger partial charge in [-0.25, -0.2) is 0 Å². The van der Waals surface area contributed by atoms with E-state index < -0.39 is 6.04 Å². The van der Waals surface area contributed by atoms with Crippen LogP contribution in [0.3, 0.4) is 0 Å². The lowest BCUT2D eigenvalue weighted by atomic mass is 9.71. The molecular formula is C13H25N3O2. The first-order valence-corrected chi connectivity index (χ1v) is 6.74. The third-order valence-corrected chi connectivity index (χ3v) is 3.90. The number of nitrogens with one attached hydrogen (secondary N) is 2. The largest absolute Gasteiger partial charge is 0.357 e. The Labute approximate surface area is 109 Å². The van der Waals surface area contributed by atoms with Crippen molar-refractivity contribution in [3.63, 3.8) is 0 Å². The minimum atomic E-state index is -0.485. The Bertz CT molecular complexity index is 299. The lowest BCUT2D eigenvalue weighted by molar-refractivity contribution is -0.129. The minimum Gasteiger partial charge on any atom is -0.357 e. The number of hydrogen-bond donors (Lipinski definition) is 3. The maximum Gasteiger partial charge on any atom is 0.242 e. The molecule has 2 amide bonds. The van der Waals surface area contributed by atoms with Crippen molar-refractivity contribution in [2.24, 2.45) is 11.1 Å². The number of rotatable bonds is 5. The summed E-state index contributed by atoms with van der Waals surface area (Å²) in [6.07, 6.45) is 6.00. The van der Waals surface area contributed by atoms with E-state index >= 15 is 0 Å². The third kappa shape index (κ3) is 3.98. The third-order valence-electron chi connectivity index (χ3n) is 3.90. The summed E-state index contributed by atoms with van der Waals surface area (Å²) in [5.41, 5.74) is 5.79. The first-order chi connectivity index (χ1) is 8.53. The normalized spacial score (nSPS) is 19.9. The standard InChI is InChI=1S/C13H25N3O2/c1-10(12(18)15-2)16-11(17)8-13(9-14)6-4-3-5-7-13/h10H,3-9,14H2,1-2H3,(H,15,18)(H,16,17). The summed E-state index contributed by atoms with van der Waals surface area (Å²) >= 11 is 0. The molecule has 1 fully saturated rings. The van der Waals surface area contributed by atoms with Crippen molar-refractivity contribution in [3.05, 3.63) is 0 Å². The van der Waals surface area contributed by atoms with Crippen LogP contribution in [0.5, 0.6) is 0 Å². The maximum absolute atomic E-state index is 12.0. The van der Waals surface area contributed by atoms with Gasteiger partial charge in [-0.2, -0.15) is 0 Å². The lowest BCUT2D eigenvalue weighted by Gasteiger charge is -2.35. The van der Waals surface area contributed by atoms with E-state index in [9.17, 15) is 9.59 Å². The summed E-state index contributed by atoms with van der Waals surface area (Å²) in [6, 6.07) is -0.485. The molecule has 4 N–H and O–H groups in total. The van der Waals surface area contributed by atoms with Gasteiger partial charge in [-0.3, -0.25) is 9.59 Å². The van der Waals surface area contributed by atoms with E-state index in [1.807, 2.05) is 0 Å². The number of likely N-dealkylation sites (N-methyl/N-ethyl adjacent to an activating group) is 1. The summed E-state index contributed by atoms with van der Waals surface area (Å²) < 4.78 is 0. The fourth-order valence-electron chi connectivity index (χ4n) is 2.67. The van der Waals surface area contributed by atoms with E-state index in [4.69, 9.17) is 5.73 Å². The summed E-state index contributed by atoms with van der Waals surface area (Å²) in [5.74, 6) is -0.243. The summed E-state index contributed by atoms with van der Waals surface area (Å²) in [4.78, 5) is 23.3. The molecule has 0 aromatic rings. The van der Waals surface area contributed by atoms with Gasteiger partial charge in [-0.15, -0.1) is 0 Å². The van der Waals surface area contributed by atoms with Gasteiger partial charge in [0, 0.05) is 13.5 Å². The van der Waals surface area contributed by atoms with Crippen molar-refractivity contribution in [3.8, 4) is 0 Å². The van der Waals surface area contributed by atoms with Gasteiger partial charge >= 0.3 is 0 Å². The minimum absolute atomic E-state index is 0.0508. The smallest absolute Gasteiger partial charge is 0.242 e. The molecule has 0 spiro atoms. The van der Waals surface area contributed by atoms with Gasteiger partial charge in [0.2, 0.25) is 11.8 Å². The van der Waals surface area contributed by atoms with Crippen LogP contribution in [0.25, 0.3) is 0 Å². The van der Waals surface area contributed by atoms with E-state index in [0.29, 0.717) is 13.0 Å². The van der Waals surface area contributed by atoms with Crippen LogP contribution in [-0.2, 0) is 9.59 Å². The SMILES string of the molecule is CNC(=O)C(C)NC(=O)CC1(CN)CCCCC1. The molecule has 0 heterocycles. The second-order valence-corrected chi connectivity index (χ2v) is 5.35. The molecule has 0 bridgehead atoms. The Morgan fingerprint density at radius 1 is 1.28 bits per heavy atom. The van der Waals surface area contributed by atoms with Crippen LogP contribution in [0.1, 0.15) is 45.4 Å². The molecule has 1 rings (SSSR count).